The Kier molecular flexibility index (Phi) is 12.0. The van der Waals surface area contributed by atoms with Crippen molar-refractivity contribution in [3.05, 3.63) is 89.2 Å². The van der Waals surface area contributed by atoms with E-state index >= 15 is 4.39 Å². The number of aliphatic imine (C=N–C) groups is 1. The van der Waals surface area contributed by atoms with Crippen LogP contribution in [0.3, 0.4) is 0 Å². The van der Waals surface area contributed by atoms with Crippen LogP contribution < -0.4 is 4.90 Å². The summed E-state index contributed by atoms with van der Waals surface area (Å²) in [6.07, 6.45) is 16.6. The smallest absolute Gasteiger partial charge is 0.154 e. The summed E-state index contributed by atoms with van der Waals surface area (Å²) in [6, 6.07) is 13.3. The average molecular weight is 509 g/mol. The zero-order valence-corrected chi connectivity index (χ0v) is 22.4. The fraction of sp³-hybridized carbons (Fsp3) is 0.469. The predicted octanol–water partition coefficient (Wildman–Crippen LogP) is 9.06. The Bertz CT molecular complexity index is 1060. The molecule has 0 aliphatic carbocycles. The molecule has 1 aliphatic heterocycles. The minimum atomic E-state index is -0.693. The lowest BCUT2D eigenvalue weighted by molar-refractivity contribution is 0.180. The molecule has 0 amide bonds. The highest BCUT2D eigenvalue weighted by molar-refractivity contribution is 5.85. The molecule has 2 atom stereocenters. The molecule has 200 valence electrons. The van der Waals surface area contributed by atoms with Gasteiger partial charge in [-0.25, -0.2) is 8.78 Å². The number of aliphatic hydroxyl groups excluding tert-OH is 1. The molecule has 1 N–H and O–H groups in total. The quantitative estimate of drug-likeness (QED) is 0.244. The van der Waals surface area contributed by atoms with Gasteiger partial charge < -0.3 is 10.0 Å². The van der Waals surface area contributed by atoms with E-state index in [0.717, 1.165) is 56.2 Å². The second-order valence-corrected chi connectivity index (χ2v) is 9.96. The highest BCUT2D eigenvalue weighted by atomic mass is 19.1. The van der Waals surface area contributed by atoms with Crippen molar-refractivity contribution in [2.24, 2.45) is 4.99 Å². The van der Waals surface area contributed by atoms with Crippen LogP contribution in [-0.2, 0) is 0 Å². The van der Waals surface area contributed by atoms with Crippen molar-refractivity contribution in [2.75, 3.05) is 4.90 Å². The number of hydrogen-bond acceptors (Lipinski definition) is 3. The second kappa shape index (κ2) is 15.5. The molecule has 2 unspecified atom stereocenters. The maximum atomic E-state index is 15.2. The highest BCUT2D eigenvalue weighted by Crippen LogP contribution is 2.39. The molecule has 2 aromatic rings. The molecule has 1 aliphatic rings. The summed E-state index contributed by atoms with van der Waals surface area (Å²) in [6.45, 7) is 4.03. The van der Waals surface area contributed by atoms with Crippen LogP contribution in [0.15, 0.2) is 76.9 Å². The fourth-order valence-corrected chi connectivity index (χ4v) is 4.76. The number of benzene rings is 2. The number of anilines is 1. The van der Waals surface area contributed by atoms with Crippen molar-refractivity contribution in [1.82, 2.24) is 0 Å². The summed E-state index contributed by atoms with van der Waals surface area (Å²) in [4.78, 5) is 6.61. The molecule has 0 radical (unpaired) electrons. The van der Waals surface area contributed by atoms with Crippen molar-refractivity contribution in [3.8, 4) is 0 Å². The third-order valence-electron chi connectivity index (χ3n) is 6.82. The lowest BCUT2D eigenvalue weighted by Crippen LogP contribution is -2.32. The molecule has 3 rings (SSSR count). The number of para-hydroxylation sites is 1. The first-order valence-electron chi connectivity index (χ1n) is 13.9. The third kappa shape index (κ3) is 8.63. The largest absolute Gasteiger partial charge is 0.393 e. The Hall–Kier alpha value is -2.79. The van der Waals surface area contributed by atoms with Gasteiger partial charge in [-0.3, -0.25) is 4.99 Å². The fourth-order valence-electron chi connectivity index (χ4n) is 4.76. The summed E-state index contributed by atoms with van der Waals surface area (Å²) in [5.74, 6) is -0.713. The SMILES string of the molecule is CCCCCCC/C=C/C1=C(CCCCCC(C)O)C=NC(c2ccccc2F)N1c1ccccc1F. The van der Waals surface area contributed by atoms with Crippen molar-refractivity contribution in [1.29, 1.82) is 0 Å². The van der Waals surface area contributed by atoms with Crippen LogP contribution in [0.2, 0.25) is 0 Å². The zero-order chi connectivity index (χ0) is 26.5. The molecular weight excluding hydrogens is 466 g/mol. The molecule has 0 bridgehead atoms. The monoisotopic (exact) mass is 508 g/mol. The molecule has 1 heterocycles. The summed E-state index contributed by atoms with van der Waals surface area (Å²) in [7, 11) is 0. The van der Waals surface area contributed by atoms with E-state index in [1.807, 2.05) is 18.0 Å². The summed E-state index contributed by atoms with van der Waals surface area (Å²) < 4.78 is 30.1. The van der Waals surface area contributed by atoms with Crippen molar-refractivity contribution < 1.29 is 13.9 Å². The number of hydrogen-bond donors (Lipinski definition) is 1. The molecule has 5 heteroatoms. The Morgan fingerprint density at radius 3 is 2.35 bits per heavy atom. The van der Waals surface area contributed by atoms with E-state index < -0.39 is 6.17 Å². The molecule has 0 aromatic heterocycles. The topological polar surface area (TPSA) is 35.8 Å². The summed E-state index contributed by atoms with van der Waals surface area (Å²) in [5.41, 5.74) is 2.71. The number of rotatable bonds is 15. The van der Waals surface area contributed by atoms with Crippen molar-refractivity contribution in [3.63, 3.8) is 0 Å². The Morgan fingerprint density at radius 1 is 0.919 bits per heavy atom. The normalized spacial score (nSPS) is 16.7. The average Bonchev–Trinajstić information content (AvgIpc) is 2.89. The molecule has 3 nitrogen and oxygen atoms in total. The zero-order valence-electron chi connectivity index (χ0n) is 22.4. The maximum absolute atomic E-state index is 15.2. The van der Waals surface area contributed by atoms with E-state index in [2.05, 4.69) is 19.1 Å². The molecule has 0 fully saturated rings. The van der Waals surface area contributed by atoms with Crippen LogP contribution in [0.25, 0.3) is 0 Å². The molecule has 0 saturated carbocycles. The van der Waals surface area contributed by atoms with Crippen molar-refractivity contribution in [2.45, 2.75) is 96.7 Å². The number of nitrogens with zero attached hydrogens (tertiary/aromatic N) is 2. The van der Waals surface area contributed by atoms with E-state index in [9.17, 15) is 9.50 Å². The second-order valence-electron chi connectivity index (χ2n) is 9.96. The summed E-state index contributed by atoms with van der Waals surface area (Å²) in [5, 5.41) is 9.57. The van der Waals surface area contributed by atoms with E-state index in [0.29, 0.717) is 11.3 Å². The minimum absolute atomic E-state index is 0.288. The van der Waals surface area contributed by atoms with Gasteiger partial charge in [-0.2, -0.15) is 0 Å². The van der Waals surface area contributed by atoms with Gasteiger partial charge in [-0.15, -0.1) is 0 Å². The van der Waals surface area contributed by atoms with E-state index in [4.69, 9.17) is 4.99 Å². The third-order valence-corrected chi connectivity index (χ3v) is 6.82. The lowest BCUT2D eigenvalue weighted by Gasteiger charge is -2.36. The molecular formula is C32H42F2N2O. The number of halogens is 2. The van der Waals surface area contributed by atoms with Gasteiger partial charge in [-0.05, 0) is 68.9 Å². The van der Waals surface area contributed by atoms with Gasteiger partial charge in [0.1, 0.15) is 11.6 Å². The first-order valence-corrected chi connectivity index (χ1v) is 13.9. The van der Waals surface area contributed by atoms with E-state index in [1.54, 1.807) is 36.4 Å². The number of unbranched alkanes of at least 4 members (excludes halogenated alkanes) is 7. The number of aliphatic hydroxyl groups is 1. The van der Waals surface area contributed by atoms with Crippen LogP contribution in [0, 0.1) is 11.6 Å². The van der Waals surface area contributed by atoms with E-state index in [1.165, 1.54) is 37.8 Å². The van der Waals surface area contributed by atoms with Gasteiger partial charge in [0.05, 0.1) is 11.8 Å². The van der Waals surface area contributed by atoms with Gasteiger partial charge in [0, 0.05) is 17.5 Å². The van der Waals surface area contributed by atoms with Gasteiger partial charge in [0.2, 0.25) is 0 Å². The Labute approximate surface area is 221 Å². The molecule has 0 spiro atoms. The standard InChI is InChI=1S/C32H42F2N2O/c1-3-4-5-6-7-8-12-22-30-26(18-11-9-10-17-25(2)37)24-35-32(27-19-13-14-20-28(27)33)36(30)31-23-16-15-21-29(31)34/h12-16,19-25,32,37H,3-11,17-18H2,1-2H3/b22-12+. The first-order chi connectivity index (χ1) is 18.0. The van der Waals surface area contributed by atoms with Gasteiger partial charge >= 0.3 is 0 Å². The number of allylic oxidation sites excluding steroid dienone is 3. The molecule has 0 saturated heterocycles. The van der Waals surface area contributed by atoms with Gasteiger partial charge in [0.15, 0.2) is 6.17 Å². The Morgan fingerprint density at radius 2 is 1.62 bits per heavy atom. The van der Waals surface area contributed by atoms with Crippen LogP contribution in [-0.4, -0.2) is 17.4 Å². The van der Waals surface area contributed by atoms with Crippen LogP contribution in [0.4, 0.5) is 14.5 Å². The van der Waals surface area contributed by atoms with Crippen LogP contribution >= 0.6 is 0 Å². The van der Waals surface area contributed by atoms with Crippen LogP contribution in [0.5, 0.6) is 0 Å². The highest BCUT2D eigenvalue weighted by Gasteiger charge is 2.30. The van der Waals surface area contributed by atoms with Crippen LogP contribution in [0.1, 0.15) is 96.2 Å². The first kappa shape index (κ1) is 28.8. The molecule has 37 heavy (non-hydrogen) atoms. The minimum Gasteiger partial charge on any atom is -0.393 e. The van der Waals surface area contributed by atoms with E-state index in [-0.39, 0.29) is 17.7 Å². The predicted molar refractivity (Wildman–Crippen MR) is 151 cm³/mol. The maximum Gasteiger partial charge on any atom is 0.154 e. The Balaban J connectivity index is 1.93. The van der Waals surface area contributed by atoms with Crippen molar-refractivity contribution >= 4 is 11.9 Å². The summed E-state index contributed by atoms with van der Waals surface area (Å²) >= 11 is 0. The van der Waals surface area contributed by atoms with Gasteiger partial charge in [0.25, 0.3) is 0 Å². The van der Waals surface area contributed by atoms with Gasteiger partial charge in [-0.1, -0.05) is 81.9 Å². The lowest BCUT2D eigenvalue weighted by atomic mass is 9.99. The molecule has 2 aromatic carbocycles.